The fraction of sp³-hybridized carbons (Fsp3) is 0.350. The molecule has 8 nitrogen and oxygen atoms in total. The molecule has 2 amide bonds. The normalized spacial score (nSPS) is 19.4. The second-order valence-electron chi connectivity index (χ2n) is 7.62. The third-order valence-corrected chi connectivity index (χ3v) is 5.95. The highest BCUT2D eigenvalue weighted by molar-refractivity contribution is 6.31. The number of rotatable bonds is 3. The minimum absolute atomic E-state index is 0.0771. The number of hydrogen-bond acceptors (Lipinski definition) is 5. The maximum Gasteiger partial charge on any atom is 0.322 e. The van der Waals surface area contributed by atoms with Crippen LogP contribution in [0.1, 0.15) is 24.4 Å². The van der Waals surface area contributed by atoms with Crippen LogP contribution in [-0.4, -0.2) is 56.4 Å². The molecule has 0 bridgehead atoms. The molecule has 1 unspecified atom stereocenters. The minimum Gasteiger partial charge on any atom is -0.389 e. The van der Waals surface area contributed by atoms with E-state index < -0.39 is 6.10 Å². The van der Waals surface area contributed by atoms with Crippen molar-refractivity contribution in [2.75, 3.05) is 29.9 Å². The lowest BCUT2D eigenvalue weighted by atomic mass is 10.0. The second-order valence-corrected chi connectivity index (χ2v) is 8.03. The first-order valence-corrected chi connectivity index (χ1v) is 10.2. The minimum atomic E-state index is -0.467. The molecule has 10 heteroatoms. The summed E-state index contributed by atoms with van der Waals surface area (Å²) in [4.78, 5) is 20.6. The number of likely N-dealkylation sites (tertiary alicyclic amines) is 1. The number of halogens is 2. The van der Waals surface area contributed by atoms with E-state index in [0.29, 0.717) is 35.3 Å². The van der Waals surface area contributed by atoms with Crippen LogP contribution in [0.5, 0.6) is 0 Å². The summed E-state index contributed by atoms with van der Waals surface area (Å²) in [5.41, 5.74) is 1.75. The Morgan fingerprint density at radius 3 is 2.93 bits per heavy atom. The molecular weight excluding hydrogens is 411 g/mol. The number of amides is 2. The molecule has 0 radical (unpaired) electrons. The summed E-state index contributed by atoms with van der Waals surface area (Å²) in [5.74, 6) is 0.391. The molecule has 2 fully saturated rings. The zero-order valence-electron chi connectivity index (χ0n) is 16.0. The van der Waals surface area contributed by atoms with Crippen molar-refractivity contribution in [3.05, 3.63) is 53.1 Å². The molecule has 4 heterocycles. The number of hydrogen-bond donors (Lipinski definition) is 2. The van der Waals surface area contributed by atoms with Gasteiger partial charge in [-0.3, -0.25) is 0 Å². The van der Waals surface area contributed by atoms with Crippen LogP contribution in [0.25, 0.3) is 5.65 Å². The van der Waals surface area contributed by atoms with Gasteiger partial charge in [-0.1, -0.05) is 11.6 Å². The lowest BCUT2D eigenvalue weighted by Gasteiger charge is -2.35. The van der Waals surface area contributed by atoms with Gasteiger partial charge in [0, 0.05) is 17.8 Å². The maximum absolute atomic E-state index is 13.8. The Balaban J connectivity index is 1.44. The van der Waals surface area contributed by atoms with Crippen LogP contribution in [0.15, 0.2) is 36.7 Å². The molecule has 1 atom stereocenters. The monoisotopic (exact) mass is 430 g/mol. The van der Waals surface area contributed by atoms with Gasteiger partial charge in [-0.15, -0.1) is 0 Å². The first kappa shape index (κ1) is 19.1. The van der Waals surface area contributed by atoms with Crippen LogP contribution in [0.3, 0.4) is 0 Å². The maximum atomic E-state index is 13.8. The Morgan fingerprint density at radius 2 is 2.13 bits per heavy atom. The molecule has 2 N–H and O–H groups in total. The van der Waals surface area contributed by atoms with Gasteiger partial charge in [0.2, 0.25) is 0 Å². The molecule has 2 saturated heterocycles. The van der Waals surface area contributed by atoms with E-state index in [0.717, 1.165) is 24.9 Å². The summed E-state index contributed by atoms with van der Waals surface area (Å²) >= 11 is 6.35. The predicted molar refractivity (Wildman–Crippen MR) is 110 cm³/mol. The Bertz CT molecular complexity index is 1120. The van der Waals surface area contributed by atoms with E-state index in [1.165, 1.54) is 17.0 Å². The molecule has 0 aliphatic carbocycles. The van der Waals surface area contributed by atoms with E-state index in [1.54, 1.807) is 23.0 Å². The third kappa shape index (κ3) is 3.33. The molecule has 30 heavy (non-hydrogen) atoms. The summed E-state index contributed by atoms with van der Waals surface area (Å²) in [6.45, 7) is 1.39. The lowest BCUT2D eigenvalue weighted by molar-refractivity contribution is 0.0309. The number of anilines is 2. The zero-order chi connectivity index (χ0) is 20.8. The molecule has 156 valence electrons. The average molecular weight is 431 g/mol. The van der Waals surface area contributed by atoms with Gasteiger partial charge < -0.3 is 20.2 Å². The van der Waals surface area contributed by atoms with Gasteiger partial charge in [0.05, 0.1) is 31.4 Å². The van der Waals surface area contributed by atoms with Crippen molar-refractivity contribution < 1.29 is 14.3 Å². The lowest BCUT2D eigenvalue weighted by Crippen LogP contribution is -2.54. The summed E-state index contributed by atoms with van der Waals surface area (Å²) in [5, 5.41) is 17.0. The Hall–Kier alpha value is -2.91. The predicted octanol–water partition coefficient (Wildman–Crippen LogP) is 3.07. The van der Waals surface area contributed by atoms with E-state index in [2.05, 4.69) is 15.3 Å². The highest BCUT2D eigenvalue weighted by Gasteiger charge is 2.31. The molecular formula is C20H20ClFN6O2. The Kier molecular flexibility index (Phi) is 4.71. The number of carbonyl (C=O) groups is 1. The van der Waals surface area contributed by atoms with Crippen molar-refractivity contribution in [1.82, 2.24) is 19.5 Å². The summed E-state index contributed by atoms with van der Waals surface area (Å²) in [6.07, 6.45) is 4.64. The van der Waals surface area contributed by atoms with Crippen LogP contribution in [0.4, 0.5) is 20.7 Å². The summed E-state index contributed by atoms with van der Waals surface area (Å²) in [7, 11) is 0. The van der Waals surface area contributed by atoms with Crippen LogP contribution in [0, 0.1) is 5.82 Å². The fourth-order valence-electron chi connectivity index (χ4n) is 4.06. The van der Waals surface area contributed by atoms with Gasteiger partial charge in [0.25, 0.3) is 0 Å². The largest absolute Gasteiger partial charge is 0.389 e. The smallest absolute Gasteiger partial charge is 0.322 e. The van der Waals surface area contributed by atoms with Gasteiger partial charge >= 0.3 is 6.03 Å². The first-order valence-electron chi connectivity index (χ1n) is 9.79. The summed E-state index contributed by atoms with van der Waals surface area (Å²) < 4.78 is 15.4. The fourth-order valence-corrected chi connectivity index (χ4v) is 4.30. The number of β-amino-alcohol motifs (C(OH)–C–C–N with tert-alkyl or cyclic N) is 1. The number of aliphatic hydroxyl groups excluding tert-OH is 1. The first-order chi connectivity index (χ1) is 14.5. The number of aliphatic hydroxyl groups is 1. The van der Waals surface area contributed by atoms with Crippen LogP contribution in [-0.2, 0) is 0 Å². The van der Waals surface area contributed by atoms with E-state index in [1.807, 2.05) is 6.07 Å². The van der Waals surface area contributed by atoms with Gasteiger partial charge in [0.1, 0.15) is 17.3 Å². The molecule has 2 aromatic heterocycles. The van der Waals surface area contributed by atoms with Gasteiger partial charge in [-0.25, -0.2) is 18.7 Å². The molecule has 0 spiro atoms. The molecule has 5 rings (SSSR count). The Labute approximate surface area is 176 Å². The van der Waals surface area contributed by atoms with Gasteiger partial charge in [-0.2, -0.15) is 5.10 Å². The summed E-state index contributed by atoms with van der Waals surface area (Å²) in [6, 6.07) is 5.89. The van der Waals surface area contributed by atoms with Crippen LogP contribution < -0.4 is 10.2 Å². The second kappa shape index (κ2) is 7.41. The molecule has 1 aromatic carbocycles. The van der Waals surface area contributed by atoms with Crippen LogP contribution in [0.2, 0.25) is 5.02 Å². The number of aromatic nitrogens is 3. The standard InChI is InChI=1S/C20H20ClFN6O2/c21-15-4-3-12(22)8-14(15)17-2-1-6-27(17)18-5-7-28-19(25-18)16(9-23-28)24-20(30)26-10-13(29)11-26/h3-5,7-9,13,17,29H,1-2,6,10-11H2,(H,24,30). The van der Waals surface area contributed by atoms with Crippen molar-refractivity contribution in [3.63, 3.8) is 0 Å². The molecule has 2 aliphatic heterocycles. The number of carbonyl (C=O) groups excluding carboxylic acids is 1. The quantitative estimate of drug-likeness (QED) is 0.667. The van der Waals surface area contributed by atoms with E-state index >= 15 is 0 Å². The highest BCUT2D eigenvalue weighted by atomic mass is 35.5. The number of nitrogens with one attached hydrogen (secondary N) is 1. The molecule has 2 aliphatic rings. The van der Waals surface area contributed by atoms with Gasteiger partial charge in [-0.05, 0) is 42.7 Å². The van der Waals surface area contributed by atoms with Crippen LogP contribution >= 0.6 is 11.6 Å². The van der Waals surface area contributed by atoms with Gasteiger partial charge in [0.15, 0.2) is 5.65 Å². The molecule has 0 saturated carbocycles. The van der Waals surface area contributed by atoms with Crippen molar-refractivity contribution in [2.45, 2.75) is 25.0 Å². The van der Waals surface area contributed by atoms with E-state index in [-0.39, 0.29) is 17.9 Å². The number of fused-ring (bicyclic) bond motifs is 1. The average Bonchev–Trinajstić information content (AvgIpc) is 3.34. The third-order valence-electron chi connectivity index (χ3n) is 5.61. The number of nitrogens with zero attached hydrogens (tertiary/aromatic N) is 5. The topological polar surface area (TPSA) is 86.0 Å². The van der Waals surface area contributed by atoms with Crippen molar-refractivity contribution >= 4 is 34.8 Å². The highest BCUT2D eigenvalue weighted by Crippen LogP contribution is 2.38. The van der Waals surface area contributed by atoms with Crippen molar-refractivity contribution in [2.24, 2.45) is 0 Å². The Morgan fingerprint density at radius 1 is 1.30 bits per heavy atom. The van der Waals surface area contributed by atoms with E-state index in [4.69, 9.17) is 16.6 Å². The molecule has 3 aromatic rings. The van der Waals surface area contributed by atoms with Crippen molar-refractivity contribution in [3.8, 4) is 0 Å². The van der Waals surface area contributed by atoms with Crippen molar-refractivity contribution in [1.29, 1.82) is 0 Å². The zero-order valence-corrected chi connectivity index (χ0v) is 16.8. The number of benzene rings is 1. The SMILES string of the molecule is O=C(Nc1cnn2ccc(N3CCCC3c3cc(F)ccc3Cl)nc12)N1CC(O)C1. The van der Waals surface area contributed by atoms with E-state index in [9.17, 15) is 14.3 Å². The number of urea groups is 1.